The quantitative estimate of drug-likeness (QED) is 0.650. The van der Waals surface area contributed by atoms with Crippen molar-refractivity contribution >= 4 is 21.7 Å². The summed E-state index contributed by atoms with van der Waals surface area (Å²) in [5.74, 6) is -0.492. The number of ether oxygens (including phenoxy) is 1. The number of methoxy groups -OCH3 is 1. The van der Waals surface area contributed by atoms with Gasteiger partial charge in [-0.1, -0.05) is 12.1 Å². The number of rotatable bonds is 9. The van der Waals surface area contributed by atoms with Crippen molar-refractivity contribution in [2.45, 2.75) is 30.3 Å². The van der Waals surface area contributed by atoms with Gasteiger partial charge in [0.1, 0.15) is 0 Å². The second kappa shape index (κ2) is 9.19. The van der Waals surface area contributed by atoms with E-state index in [0.717, 1.165) is 18.4 Å². The van der Waals surface area contributed by atoms with Crippen LogP contribution in [0.1, 0.15) is 39.1 Å². The Morgan fingerprint density at radius 3 is 2.14 bits per heavy atom. The molecule has 3 rings (SSSR count). The maximum Gasteiger partial charge on any atom is 0.251 e. The van der Waals surface area contributed by atoms with E-state index in [9.17, 15) is 18.0 Å². The number of nitrogens with one attached hydrogen (secondary N) is 2. The van der Waals surface area contributed by atoms with E-state index in [1.54, 1.807) is 24.3 Å². The van der Waals surface area contributed by atoms with Crippen LogP contribution in [0.15, 0.2) is 53.4 Å². The maximum absolute atomic E-state index is 12.3. The van der Waals surface area contributed by atoms with Crippen LogP contribution in [-0.2, 0) is 21.1 Å². The fraction of sp³-hybridized carbons (Fsp3) is 0.333. The average molecular weight is 416 g/mol. The van der Waals surface area contributed by atoms with Crippen LogP contribution in [0, 0.1) is 0 Å². The zero-order valence-electron chi connectivity index (χ0n) is 16.2. The molecule has 1 fully saturated rings. The minimum atomic E-state index is -3.42. The Kier molecular flexibility index (Phi) is 6.66. The summed E-state index contributed by atoms with van der Waals surface area (Å²) in [5.41, 5.74) is 1.83. The molecule has 154 valence electrons. The number of benzene rings is 2. The van der Waals surface area contributed by atoms with Gasteiger partial charge >= 0.3 is 0 Å². The summed E-state index contributed by atoms with van der Waals surface area (Å²) >= 11 is 0. The van der Waals surface area contributed by atoms with Crippen LogP contribution in [0.2, 0.25) is 0 Å². The normalized spacial score (nSPS) is 13.7. The molecule has 0 bridgehead atoms. The first-order valence-corrected chi connectivity index (χ1v) is 11.0. The zero-order valence-corrected chi connectivity index (χ0v) is 17.0. The summed E-state index contributed by atoms with van der Waals surface area (Å²) < 4.78 is 29.0. The molecule has 7 nitrogen and oxygen atoms in total. The van der Waals surface area contributed by atoms with Crippen molar-refractivity contribution in [2.24, 2.45) is 0 Å². The van der Waals surface area contributed by atoms with Crippen molar-refractivity contribution in [1.82, 2.24) is 10.6 Å². The molecular weight excluding hydrogens is 392 g/mol. The van der Waals surface area contributed by atoms with Crippen LogP contribution in [-0.4, -0.2) is 45.7 Å². The Morgan fingerprint density at radius 1 is 0.966 bits per heavy atom. The summed E-state index contributed by atoms with van der Waals surface area (Å²) in [6, 6.07) is 13.2. The second-order valence-electron chi connectivity index (χ2n) is 6.96. The van der Waals surface area contributed by atoms with Gasteiger partial charge in [-0.3, -0.25) is 9.59 Å². The Labute approximate surface area is 170 Å². The summed E-state index contributed by atoms with van der Waals surface area (Å²) in [5, 5.41) is 5.72. The predicted molar refractivity (Wildman–Crippen MR) is 108 cm³/mol. The summed E-state index contributed by atoms with van der Waals surface area (Å²) in [4.78, 5) is 24.5. The first-order chi connectivity index (χ1) is 13.9. The lowest BCUT2D eigenvalue weighted by atomic mass is 10.1. The van der Waals surface area contributed by atoms with E-state index in [-0.39, 0.29) is 29.1 Å². The molecule has 1 saturated carbocycles. The van der Waals surface area contributed by atoms with Crippen molar-refractivity contribution in [3.63, 3.8) is 0 Å². The number of carbonyl (C=O) groups excluding carboxylic acids is 2. The van der Waals surface area contributed by atoms with E-state index in [0.29, 0.717) is 23.7 Å². The number of hydrogen-bond acceptors (Lipinski definition) is 5. The molecule has 0 unspecified atom stereocenters. The lowest BCUT2D eigenvalue weighted by Crippen LogP contribution is -2.25. The van der Waals surface area contributed by atoms with Gasteiger partial charge in [-0.15, -0.1) is 0 Å². The maximum atomic E-state index is 12.3. The van der Waals surface area contributed by atoms with Gasteiger partial charge in [-0.2, -0.15) is 0 Å². The Balaban J connectivity index is 1.54. The van der Waals surface area contributed by atoms with Crippen LogP contribution in [0.3, 0.4) is 0 Å². The van der Waals surface area contributed by atoms with Crippen molar-refractivity contribution in [3.05, 3.63) is 65.2 Å². The van der Waals surface area contributed by atoms with Gasteiger partial charge in [0.15, 0.2) is 9.84 Å². The van der Waals surface area contributed by atoms with Crippen LogP contribution >= 0.6 is 0 Å². The summed E-state index contributed by atoms with van der Waals surface area (Å²) in [7, 11) is -1.98. The number of amides is 2. The molecule has 1 aliphatic rings. The molecule has 0 aliphatic heterocycles. The van der Waals surface area contributed by atoms with Crippen molar-refractivity contribution in [1.29, 1.82) is 0 Å². The second-order valence-corrected chi connectivity index (χ2v) is 9.07. The third-order valence-corrected chi connectivity index (χ3v) is 6.31. The smallest absolute Gasteiger partial charge is 0.251 e. The van der Waals surface area contributed by atoms with Gasteiger partial charge in [0.2, 0.25) is 0 Å². The summed E-state index contributed by atoms with van der Waals surface area (Å²) in [6.07, 6.45) is 2.08. The Bertz CT molecular complexity index is 965. The highest BCUT2D eigenvalue weighted by atomic mass is 32.2. The zero-order chi connectivity index (χ0) is 20.9. The highest BCUT2D eigenvalue weighted by molar-refractivity contribution is 7.91. The molecule has 0 spiro atoms. The molecule has 2 amide bonds. The van der Waals surface area contributed by atoms with E-state index >= 15 is 0 Å². The molecule has 1 aliphatic carbocycles. The SMILES string of the molecule is COCCS(=O)(=O)c1ccc(C(=O)NCc2ccc(C(=O)NC3CC3)cc2)cc1. The number of carbonyl (C=O) groups is 2. The first kappa shape index (κ1) is 21.0. The van der Waals surface area contributed by atoms with E-state index in [1.165, 1.54) is 31.4 Å². The molecule has 0 atom stereocenters. The topological polar surface area (TPSA) is 102 Å². The first-order valence-electron chi connectivity index (χ1n) is 9.39. The standard InChI is InChI=1S/C21H24N2O5S/c1-28-12-13-29(26,27)19-10-6-16(7-11-19)20(24)22-14-15-2-4-17(5-3-15)21(25)23-18-8-9-18/h2-7,10-11,18H,8-9,12-14H2,1H3,(H,22,24)(H,23,25). The lowest BCUT2D eigenvalue weighted by molar-refractivity contribution is 0.0941. The average Bonchev–Trinajstić information content (AvgIpc) is 3.55. The van der Waals surface area contributed by atoms with Crippen molar-refractivity contribution < 1.29 is 22.7 Å². The molecule has 2 aromatic carbocycles. The lowest BCUT2D eigenvalue weighted by Gasteiger charge is -2.08. The molecule has 8 heteroatoms. The van der Waals surface area contributed by atoms with Gasteiger partial charge in [-0.05, 0) is 54.8 Å². The molecule has 0 aromatic heterocycles. The third-order valence-electron chi connectivity index (χ3n) is 4.61. The molecule has 0 heterocycles. The van der Waals surface area contributed by atoms with Crippen LogP contribution in [0.25, 0.3) is 0 Å². The molecule has 2 aromatic rings. The largest absolute Gasteiger partial charge is 0.384 e. The number of hydrogen-bond donors (Lipinski definition) is 2. The Morgan fingerprint density at radius 2 is 1.55 bits per heavy atom. The van der Waals surface area contributed by atoms with Gasteiger partial charge < -0.3 is 15.4 Å². The van der Waals surface area contributed by atoms with Crippen LogP contribution in [0.4, 0.5) is 0 Å². The fourth-order valence-corrected chi connectivity index (χ4v) is 3.85. The highest BCUT2D eigenvalue weighted by Gasteiger charge is 2.23. The molecule has 0 saturated heterocycles. The fourth-order valence-electron chi connectivity index (χ4n) is 2.68. The van der Waals surface area contributed by atoms with Gasteiger partial charge in [0.25, 0.3) is 11.8 Å². The third kappa shape index (κ3) is 5.88. The van der Waals surface area contributed by atoms with Crippen LogP contribution < -0.4 is 10.6 Å². The monoisotopic (exact) mass is 416 g/mol. The van der Waals surface area contributed by atoms with Gasteiger partial charge in [-0.25, -0.2) is 8.42 Å². The van der Waals surface area contributed by atoms with E-state index in [2.05, 4.69) is 10.6 Å². The van der Waals surface area contributed by atoms with Gasteiger partial charge in [0.05, 0.1) is 17.3 Å². The van der Waals surface area contributed by atoms with Crippen molar-refractivity contribution in [2.75, 3.05) is 19.5 Å². The molecule has 0 radical (unpaired) electrons. The highest BCUT2D eigenvalue weighted by Crippen LogP contribution is 2.19. The molecule has 2 N–H and O–H groups in total. The predicted octanol–water partition coefficient (Wildman–Crippen LogP) is 1.93. The minimum Gasteiger partial charge on any atom is -0.384 e. The number of sulfone groups is 1. The minimum absolute atomic E-state index is 0.0800. The van der Waals surface area contributed by atoms with Gasteiger partial charge in [0, 0.05) is 30.8 Å². The van der Waals surface area contributed by atoms with E-state index in [4.69, 9.17) is 4.74 Å². The molecular formula is C21H24N2O5S. The van der Waals surface area contributed by atoms with E-state index in [1.807, 2.05) is 0 Å². The molecule has 29 heavy (non-hydrogen) atoms. The summed E-state index contributed by atoms with van der Waals surface area (Å²) in [6.45, 7) is 0.419. The van der Waals surface area contributed by atoms with Crippen LogP contribution in [0.5, 0.6) is 0 Å². The van der Waals surface area contributed by atoms with Crippen molar-refractivity contribution in [3.8, 4) is 0 Å². The van der Waals surface area contributed by atoms with E-state index < -0.39 is 9.84 Å². The Hall–Kier alpha value is -2.71.